The summed E-state index contributed by atoms with van der Waals surface area (Å²) in [6.07, 6.45) is 15.6. The maximum absolute atomic E-state index is 14.2. The lowest BCUT2D eigenvalue weighted by Gasteiger charge is -2.30. The van der Waals surface area contributed by atoms with Crippen molar-refractivity contribution in [2.45, 2.75) is 154 Å². The highest BCUT2D eigenvalue weighted by Gasteiger charge is 2.36. The number of benzene rings is 4. The van der Waals surface area contributed by atoms with Crippen molar-refractivity contribution in [3.05, 3.63) is 190 Å². The molecule has 0 aliphatic heterocycles. The van der Waals surface area contributed by atoms with Crippen LogP contribution in [0.25, 0.3) is 0 Å². The first-order valence-electron chi connectivity index (χ1n) is 29.3. The van der Waals surface area contributed by atoms with Gasteiger partial charge < -0.3 is 57.0 Å². The maximum atomic E-state index is 14.2. The van der Waals surface area contributed by atoms with Crippen molar-refractivity contribution < 1.29 is 76.2 Å². The van der Waals surface area contributed by atoms with E-state index in [1.807, 2.05) is 0 Å². The second kappa shape index (κ2) is 27.9. The maximum Gasteiger partial charge on any atom is 0.379 e. The van der Waals surface area contributed by atoms with Gasteiger partial charge in [0.05, 0.1) is 25.1 Å². The number of fused-ring (bicyclic) bond motifs is 8. The molecule has 0 amide bonds. The molecule has 1 aliphatic rings. The summed E-state index contributed by atoms with van der Waals surface area (Å²) in [7, 11) is 0. The van der Waals surface area contributed by atoms with Crippen molar-refractivity contribution in [2.75, 3.05) is 0 Å². The number of hydrogen-bond acceptors (Lipinski definition) is 16. The molecule has 440 valence electrons. The Morgan fingerprint density at radius 3 is 0.762 bits per heavy atom. The Balaban J connectivity index is 1.43. The van der Waals surface area contributed by atoms with Crippen LogP contribution in [0.1, 0.15) is 241 Å². The zero-order valence-electron chi connectivity index (χ0n) is 47.9. The van der Waals surface area contributed by atoms with E-state index in [0.29, 0.717) is 95.9 Å². The molecule has 1 aliphatic carbocycles. The lowest BCUT2D eigenvalue weighted by atomic mass is 9.76. The molecule has 16 heteroatoms. The quantitative estimate of drug-likeness (QED) is 0.0250. The fraction of sp³-hybridized carbons (Fsp3) is 0.353. The highest BCUT2D eigenvalue weighted by atomic mass is 16.6. The zero-order valence-corrected chi connectivity index (χ0v) is 47.9. The van der Waals surface area contributed by atoms with Gasteiger partial charge in [-0.05, 0) is 98.5 Å². The topological polar surface area (TPSA) is 239 Å². The molecule has 4 aromatic heterocycles. The van der Waals surface area contributed by atoms with Gasteiger partial charge >= 0.3 is 23.9 Å². The van der Waals surface area contributed by atoms with Crippen molar-refractivity contribution in [1.29, 1.82) is 0 Å². The van der Waals surface area contributed by atoms with Crippen molar-refractivity contribution in [2.24, 2.45) is 0 Å². The molecule has 0 spiro atoms. The highest BCUT2D eigenvalue weighted by molar-refractivity contribution is 5.91. The fourth-order valence-corrected chi connectivity index (χ4v) is 11.5. The Hall–Kier alpha value is -8.92. The zero-order chi connectivity index (χ0) is 59.3. The molecular weight excluding hydrogens is 1070 g/mol. The van der Waals surface area contributed by atoms with Crippen LogP contribution in [0, 0.1) is 0 Å². The van der Waals surface area contributed by atoms with Gasteiger partial charge in [0.15, 0.2) is 0 Å². The van der Waals surface area contributed by atoms with E-state index in [1.54, 1.807) is 48.5 Å². The van der Waals surface area contributed by atoms with Crippen LogP contribution < -0.4 is 18.9 Å². The molecule has 4 atom stereocenters. The number of carbonyl (C=O) groups is 4. The SMILES string of the molecule is CCCCC[C@@H]1c2cc(c(O)cc2O)[C@@H](CCCCC)c2cc(c(OC(=O)c3ccco3)cc2OC(=O)c2ccco2)[C@@H](CCCCC)c2cc(c(O)cc2O)[C@H](CCCCC)c2cc1c(OC(=O)c1ccco1)cc2OC(=O)c1ccco1. The first-order valence-corrected chi connectivity index (χ1v) is 29.3. The summed E-state index contributed by atoms with van der Waals surface area (Å²) in [5.41, 5.74) is 2.99. The summed E-state index contributed by atoms with van der Waals surface area (Å²) in [6, 6.07) is 24.6. The van der Waals surface area contributed by atoms with Crippen LogP contribution in [0.3, 0.4) is 0 Å². The molecule has 9 rings (SSSR count). The van der Waals surface area contributed by atoms with Crippen molar-refractivity contribution in [1.82, 2.24) is 0 Å². The van der Waals surface area contributed by atoms with Gasteiger partial charge in [-0.25, -0.2) is 19.2 Å². The predicted octanol–water partition coefficient (Wildman–Crippen LogP) is 16.9. The van der Waals surface area contributed by atoms with E-state index in [2.05, 4.69) is 27.7 Å². The number of phenolic OH excluding ortho intramolecular Hbond substituents is 4. The molecule has 0 radical (unpaired) electrons. The van der Waals surface area contributed by atoms with E-state index >= 15 is 0 Å². The number of carbonyl (C=O) groups excluding carboxylic acids is 4. The minimum Gasteiger partial charge on any atom is -0.508 e. The van der Waals surface area contributed by atoms with Crippen LogP contribution in [0.15, 0.2) is 140 Å². The average molecular weight is 1150 g/mol. The Kier molecular flexibility index (Phi) is 19.8. The number of unbranched alkanes of at least 4 members (excludes halogenated alkanes) is 8. The molecule has 16 nitrogen and oxygen atoms in total. The van der Waals surface area contributed by atoms with Gasteiger partial charge in [0.25, 0.3) is 0 Å². The van der Waals surface area contributed by atoms with Crippen LogP contribution in [0.2, 0.25) is 0 Å². The van der Waals surface area contributed by atoms with Crippen LogP contribution in [-0.2, 0) is 0 Å². The summed E-state index contributed by atoms with van der Waals surface area (Å²) in [4.78, 5) is 57.0. The van der Waals surface area contributed by atoms with E-state index < -0.39 is 47.5 Å². The fourth-order valence-electron chi connectivity index (χ4n) is 11.5. The standard InChI is InChI=1S/C68H72O16/c1-5-9-13-21-41-45-33-46(54(70)37-53(45)69)42(22-14-10-6-2)51-36-52(64(84-68(76)60-28-20-32-80-60)40-63(51)83-67(75)59-27-19-31-79-59)44(24-16-12-8-4)48-34-47(55(71)38-56(48)72)43(23-15-11-7-3)50-35-49(41)61(81-65(73)57-25-17-29-77-57)39-62(50)82-66(74)58-26-18-30-78-58/h17-20,25-44,69-72H,5-16,21-24H2,1-4H3/t41-,42-,43+,44+. The van der Waals surface area contributed by atoms with E-state index in [9.17, 15) is 39.6 Å². The molecule has 0 saturated carbocycles. The average Bonchev–Trinajstić information content (AvgIpc) is 1.51. The van der Waals surface area contributed by atoms with Gasteiger partial charge in [-0.1, -0.05) is 105 Å². The first kappa shape index (κ1) is 59.7. The normalized spacial score (nSPS) is 15.6. The molecule has 0 fully saturated rings. The monoisotopic (exact) mass is 1140 g/mol. The molecule has 4 heterocycles. The molecule has 8 aromatic rings. The van der Waals surface area contributed by atoms with Crippen LogP contribution >= 0.6 is 0 Å². The number of hydrogen-bond donors (Lipinski definition) is 4. The third kappa shape index (κ3) is 13.6. The van der Waals surface area contributed by atoms with Crippen LogP contribution in [-0.4, -0.2) is 44.3 Å². The predicted molar refractivity (Wildman–Crippen MR) is 311 cm³/mol. The minimum absolute atomic E-state index is 0.0334. The Morgan fingerprint density at radius 2 is 0.560 bits per heavy atom. The van der Waals surface area contributed by atoms with Gasteiger partial charge in [0, 0.05) is 92.4 Å². The lowest BCUT2D eigenvalue weighted by Crippen LogP contribution is -2.17. The molecule has 84 heavy (non-hydrogen) atoms. The molecule has 8 bridgehead atoms. The lowest BCUT2D eigenvalue weighted by molar-refractivity contribution is 0.0678. The van der Waals surface area contributed by atoms with Gasteiger partial charge in [0.1, 0.15) is 46.0 Å². The number of aromatic hydroxyl groups is 4. The summed E-state index contributed by atoms with van der Waals surface area (Å²) in [5.74, 6) is -8.38. The molecule has 0 unspecified atom stereocenters. The minimum atomic E-state index is -0.862. The first-order chi connectivity index (χ1) is 40.8. The van der Waals surface area contributed by atoms with Gasteiger partial charge in [-0.2, -0.15) is 0 Å². The molecule has 4 N–H and O–H groups in total. The number of phenols is 4. The summed E-state index contributed by atoms with van der Waals surface area (Å²) < 4.78 is 47.5. The number of ether oxygens (including phenoxy) is 4. The Labute approximate surface area is 487 Å². The summed E-state index contributed by atoms with van der Waals surface area (Å²) in [6.45, 7) is 8.26. The largest absolute Gasteiger partial charge is 0.508 e. The van der Waals surface area contributed by atoms with Crippen molar-refractivity contribution in [3.8, 4) is 46.0 Å². The highest BCUT2D eigenvalue weighted by Crippen LogP contribution is 2.53. The van der Waals surface area contributed by atoms with Gasteiger partial charge in [-0.15, -0.1) is 0 Å². The third-order valence-corrected chi connectivity index (χ3v) is 15.7. The van der Waals surface area contributed by atoms with Gasteiger partial charge in [0.2, 0.25) is 23.0 Å². The Morgan fingerprint density at radius 1 is 0.333 bits per heavy atom. The van der Waals surface area contributed by atoms with Crippen molar-refractivity contribution >= 4 is 23.9 Å². The number of rotatable bonds is 24. The van der Waals surface area contributed by atoms with E-state index in [-0.39, 0.29) is 69.0 Å². The van der Waals surface area contributed by atoms with Crippen LogP contribution in [0.4, 0.5) is 0 Å². The number of esters is 4. The summed E-state index contributed by atoms with van der Waals surface area (Å²) in [5, 5.41) is 49.8. The molecule has 0 saturated heterocycles. The van der Waals surface area contributed by atoms with E-state index in [0.717, 1.165) is 51.4 Å². The van der Waals surface area contributed by atoms with Crippen LogP contribution in [0.5, 0.6) is 46.0 Å². The van der Waals surface area contributed by atoms with E-state index in [1.165, 1.54) is 73.6 Å². The second-order valence-electron chi connectivity index (χ2n) is 21.5. The molecular formula is C68H72O16. The summed E-state index contributed by atoms with van der Waals surface area (Å²) >= 11 is 0. The number of furan rings is 4. The van der Waals surface area contributed by atoms with Gasteiger partial charge in [-0.3, -0.25) is 0 Å². The second-order valence-corrected chi connectivity index (χ2v) is 21.5. The van der Waals surface area contributed by atoms with Crippen molar-refractivity contribution in [3.63, 3.8) is 0 Å². The smallest absolute Gasteiger partial charge is 0.379 e. The Bertz CT molecular complexity index is 3050. The van der Waals surface area contributed by atoms with E-state index in [4.69, 9.17) is 36.6 Å². The molecule has 4 aromatic carbocycles. The third-order valence-electron chi connectivity index (χ3n) is 15.7.